The number of ether oxygens (including phenoxy) is 1. The number of nitrogens with zero attached hydrogens (tertiary/aromatic N) is 1. The molecule has 8 heteroatoms. The van der Waals surface area contributed by atoms with Crippen molar-refractivity contribution in [2.75, 3.05) is 18.5 Å². The smallest absolute Gasteiger partial charge is 0.245 e. The molecule has 2 bridgehead atoms. The molecule has 0 saturated carbocycles. The first-order chi connectivity index (χ1) is 18.8. The van der Waals surface area contributed by atoms with Gasteiger partial charge in [-0.2, -0.15) is 0 Å². The molecular weight excluding hydrogens is 494 g/mol. The van der Waals surface area contributed by atoms with E-state index in [0.717, 1.165) is 24.8 Å². The molecule has 2 aromatic carbocycles. The predicted octanol–water partition coefficient (Wildman–Crippen LogP) is 3.68. The molecule has 8 nitrogen and oxygen atoms in total. The summed E-state index contributed by atoms with van der Waals surface area (Å²) < 4.78 is 6.78. The van der Waals surface area contributed by atoms with Gasteiger partial charge in [0.15, 0.2) is 0 Å². The third-order valence-electron chi connectivity index (χ3n) is 9.10. The highest BCUT2D eigenvalue weighted by atomic mass is 16.5. The number of aliphatic hydroxyl groups is 1. The number of carbonyl (C=O) groups excluding carboxylic acids is 3. The maximum atomic E-state index is 14.4. The number of likely N-dealkylation sites (tertiary alicyclic amines) is 1. The molecule has 3 aliphatic rings. The largest absolute Gasteiger partial charge is 0.394 e. The lowest BCUT2D eigenvalue weighted by atomic mass is 9.62. The molecule has 39 heavy (non-hydrogen) atoms. The second-order valence-corrected chi connectivity index (χ2v) is 11.4. The van der Waals surface area contributed by atoms with Crippen molar-refractivity contribution in [1.82, 2.24) is 10.2 Å². The fraction of sp³-hybridized carbons (Fsp3) is 0.516. The molecule has 0 aliphatic carbocycles. The van der Waals surface area contributed by atoms with E-state index in [1.165, 1.54) is 4.90 Å². The van der Waals surface area contributed by atoms with Crippen LogP contribution in [0.15, 0.2) is 60.7 Å². The Kier molecular flexibility index (Phi) is 7.53. The van der Waals surface area contributed by atoms with E-state index < -0.39 is 35.1 Å². The molecule has 0 radical (unpaired) electrons. The molecule has 3 amide bonds. The Bertz CT molecular complexity index is 1210. The SMILES string of the molecule is CCCCCNC(=O)C1N([C@H](CO)c2ccccc2)C(=O)[C@@H]2[C@H](C(=O)Nc3ccccc3)[C@@]3(C)OC12CC3C. The summed E-state index contributed by atoms with van der Waals surface area (Å²) in [5.41, 5.74) is -0.706. The molecule has 0 aromatic heterocycles. The fourth-order valence-electron chi connectivity index (χ4n) is 7.17. The molecular formula is C31H39N3O5. The minimum Gasteiger partial charge on any atom is -0.394 e. The number of para-hydroxylation sites is 1. The average molecular weight is 534 g/mol. The summed E-state index contributed by atoms with van der Waals surface area (Å²) in [5.74, 6) is -2.60. The van der Waals surface area contributed by atoms with Gasteiger partial charge >= 0.3 is 0 Å². The van der Waals surface area contributed by atoms with Gasteiger partial charge in [-0.05, 0) is 43.4 Å². The maximum Gasteiger partial charge on any atom is 0.245 e. The number of aliphatic hydroxyl groups excluding tert-OH is 1. The first kappa shape index (κ1) is 27.3. The zero-order valence-electron chi connectivity index (χ0n) is 22.9. The maximum absolute atomic E-state index is 14.4. The molecule has 7 atom stereocenters. The van der Waals surface area contributed by atoms with Crippen molar-refractivity contribution in [3.63, 3.8) is 0 Å². The monoisotopic (exact) mass is 533 g/mol. The van der Waals surface area contributed by atoms with Crippen molar-refractivity contribution in [2.24, 2.45) is 17.8 Å². The first-order valence-corrected chi connectivity index (χ1v) is 14.1. The Balaban J connectivity index is 1.56. The Morgan fingerprint density at radius 3 is 2.38 bits per heavy atom. The molecule has 2 aromatic rings. The van der Waals surface area contributed by atoms with Crippen LogP contribution in [-0.4, -0.2) is 58.1 Å². The van der Waals surface area contributed by atoms with Gasteiger partial charge in [0.25, 0.3) is 0 Å². The van der Waals surface area contributed by atoms with E-state index in [1.54, 1.807) is 12.1 Å². The summed E-state index contributed by atoms with van der Waals surface area (Å²) >= 11 is 0. The van der Waals surface area contributed by atoms with Gasteiger partial charge in [0.2, 0.25) is 17.7 Å². The number of amides is 3. The van der Waals surface area contributed by atoms with Crippen LogP contribution in [0.5, 0.6) is 0 Å². The lowest BCUT2D eigenvalue weighted by Gasteiger charge is -2.37. The first-order valence-electron chi connectivity index (χ1n) is 14.1. The van der Waals surface area contributed by atoms with Gasteiger partial charge in [-0.15, -0.1) is 0 Å². The lowest BCUT2D eigenvalue weighted by molar-refractivity contribution is -0.150. The summed E-state index contributed by atoms with van der Waals surface area (Å²) in [6, 6.07) is 16.7. The molecule has 5 rings (SSSR count). The van der Waals surface area contributed by atoms with Crippen LogP contribution in [0.1, 0.15) is 58.1 Å². The van der Waals surface area contributed by atoms with Crippen molar-refractivity contribution >= 4 is 23.4 Å². The van der Waals surface area contributed by atoms with Crippen LogP contribution in [0.2, 0.25) is 0 Å². The summed E-state index contributed by atoms with van der Waals surface area (Å²) in [6.45, 7) is 6.16. The second-order valence-electron chi connectivity index (χ2n) is 11.4. The quantitative estimate of drug-likeness (QED) is 0.404. The van der Waals surface area contributed by atoms with E-state index >= 15 is 0 Å². The highest BCUT2D eigenvalue weighted by molar-refractivity contribution is 6.02. The van der Waals surface area contributed by atoms with Crippen LogP contribution in [0.4, 0.5) is 5.69 Å². The van der Waals surface area contributed by atoms with Gasteiger partial charge in [0.05, 0.1) is 30.1 Å². The zero-order chi connectivity index (χ0) is 27.8. The van der Waals surface area contributed by atoms with Crippen LogP contribution in [0, 0.1) is 17.8 Å². The number of anilines is 1. The molecule has 3 unspecified atom stereocenters. The van der Waals surface area contributed by atoms with Gasteiger partial charge in [0, 0.05) is 12.2 Å². The van der Waals surface area contributed by atoms with Gasteiger partial charge in [-0.25, -0.2) is 0 Å². The van der Waals surface area contributed by atoms with Crippen molar-refractivity contribution in [3.8, 4) is 0 Å². The van der Waals surface area contributed by atoms with Crippen LogP contribution in [0.25, 0.3) is 0 Å². The minimum absolute atomic E-state index is 0.0623. The van der Waals surface area contributed by atoms with Crippen LogP contribution < -0.4 is 10.6 Å². The van der Waals surface area contributed by atoms with Gasteiger partial charge in [-0.1, -0.05) is 75.2 Å². The minimum atomic E-state index is -1.17. The lowest BCUT2D eigenvalue weighted by Crippen LogP contribution is -2.56. The number of fused-ring (bicyclic) bond motifs is 1. The van der Waals surface area contributed by atoms with E-state index in [4.69, 9.17) is 4.74 Å². The van der Waals surface area contributed by atoms with E-state index in [0.29, 0.717) is 18.7 Å². The van der Waals surface area contributed by atoms with Gasteiger partial charge in [0.1, 0.15) is 11.6 Å². The van der Waals surface area contributed by atoms with E-state index in [1.807, 2.05) is 62.4 Å². The third kappa shape index (κ3) is 4.43. The van der Waals surface area contributed by atoms with Crippen molar-refractivity contribution in [1.29, 1.82) is 0 Å². The molecule has 208 valence electrons. The topological polar surface area (TPSA) is 108 Å². The molecule has 3 fully saturated rings. The molecule has 1 spiro atoms. The van der Waals surface area contributed by atoms with E-state index in [-0.39, 0.29) is 30.2 Å². The number of hydrogen-bond donors (Lipinski definition) is 3. The van der Waals surface area contributed by atoms with Crippen LogP contribution >= 0.6 is 0 Å². The summed E-state index contributed by atoms with van der Waals surface area (Å²) in [7, 11) is 0. The molecule has 3 heterocycles. The van der Waals surface area contributed by atoms with Crippen molar-refractivity contribution < 1.29 is 24.2 Å². The third-order valence-corrected chi connectivity index (χ3v) is 9.10. The fourth-order valence-corrected chi connectivity index (χ4v) is 7.17. The number of rotatable bonds is 10. The number of nitrogens with one attached hydrogen (secondary N) is 2. The van der Waals surface area contributed by atoms with Gasteiger partial charge < -0.3 is 25.4 Å². The normalized spacial score (nSPS) is 31.7. The highest BCUT2D eigenvalue weighted by Gasteiger charge is 2.80. The summed E-state index contributed by atoms with van der Waals surface area (Å²) in [5, 5.41) is 16.6. The highest BCUT2D eigenvalue weighted by Crippen LogP contribution is 2.66. The standard InChI is InChI=1S/C31H39N3O5/c1-4-5-12-17-32-28(37)26-31-18-20(2)30(3,39-31)24(27(36)33-22-15-10-7-11-16-22)25(31)29(38)34(26)23(19-35)21-13-8-6-9-14-21/h6-11,13-16,20,23-26,35H,4-5,12,17-19H2,1-3H3,(H,32,37)(H,33,36)/t20?,23-,24-,25+,26?,30+,31?/m1/s1. The number of hydrogen-bond acceptors (Lipinski definition) is 5. The number of unbranched alkanes of at least 4 members (excludes halogenated alkanes) is 2. The summed E-state index contributed by atoms with van der Waals surface area (Å²) in [6.07, 6.45) is 3.32. The predicted molar refractivity (Wildman–Crippen MR) is 147 cm³/mol. The number of benzene rings is 2. The van der Waals surface area contributed by atoms with E-state index in [9.17, 15) is 19.5 Å². The number of carbonyl (C=O) groups is 3. The second kappa shape index (κ2) is 10.7. The van der Waals surface area contributed by atoms with Crippen molar-refractivity contribution in [3.05, 3.63) is 66.2 Å². The Morgan fingerprint density at radius 1 is 1.08 bits per heavy atom. The average Bonchev–Trinajstić information content (AvgIpc) is 3.45. The Hall–Kier alpha value is -3.23. The molecule has 3 N–H and O–H groups in total. The summed E-state index contributed by atoms with van der Waals surface area (Å²) in [4.78, 5) is 43.8. The van der Waals surface area contributed by atoms with Crippen molar-refractivity contribution in [2.45, 2.75) is 69.7 Å². The Morgan fingerprint density at radius 2 is 1.74 bits per heavy atom. The Labute approximate surface area is 230 Å². The molecule has 3 aliphatic heterocycles. The van der Waals surface area contributed by atoms with Crippen LogP contribution in [-0.2, 0) is 19.1 Å². The van der Waals surface area contributed by atoms with Gasteiger partial charge in [-0.3, -0.25) is 14.4 Å². The van der Waals surface area contributed by atoms with Crippen LogP contribution in [0.3, 0.4) is 0 Å². The van der Waals surface area contributed by atoms with E-state index in [2.05, 4.69) is 17.6 Å². The zero-order valence-corrected chi connectivity index (χ0v) is 22.9. The molecule has 3 saturated heterocycles.